The monoisotopic (exact) mass is 423 g/mol. The largest absolute Gasteiger partial charge is 0.435 e. The molecule has 1 amide bonds. The fraction of sp³-hybridized carbons (Fsp3) is 0.167. The molecule has 0 aliphatic rings. The van der Waals surface area contributed by atoms with Gasteiger partial charge in [0.15, 0.2) is 11.5 Å². The lowest BCUT2D eigenvalue weighted by atomic mass is 10.2. The van der Waals surface area contributed by atoms with E-state index in [-0.39, 0.29) is 26.7 Å². The molecule has 150 valence electrons. The summed E-state index contributed by atoms with van der Waals surface area (Å²) < 4.78 is 54.9. The van der Waals surface area contributed by atoms with Gasteiger partial charge in [-0.25, -0.2) is 4.39 Å². The van der Waals surface area contributed by atoms with Gasteiger partial charge < -0.3 is 5.32 Å². The van der Waals surface area contributed by atoms with E-state index in [2.05, 4.69) is 15.5 Å². The predicted octanol–water partition coefficient (Wildman–Crippen LogP) is 4.29. The van der Waals surface area contributed by atoms with E-state index in [0.717, 1.165) is 21.6 Å². The summed E-state index contributed by atoms with van der Waals surface area (Å²) >= 11 is 0.917. The zero-order valence-electron chi connectivity index (χ0n) is 14.9. The molecule has 0 saturated carbocycles. The number of hydrogen-bond acceptors (Lipinski definition) is 4. The van der Waals surface area contributed by atoms with Crippen LogP contribution in [-0.4, -0.2) is 25.5 Å². The predicted molar refractivity (Wildman–Crippen MR) is 99.3 cm³/mol. The molecule has 0 bridgehead atoms. The van der Waals surface area contributed by atoms with Crippen molar-refractivity contribution in [3.8, 4) is 0 Å². The first-order valence-corrected chi connectivity index (χ1v) is 9.15. The molecule has 0 aliphatic carbocycles. The highest BCUT2D eigenvalue weighted by Gasteiger charge is 2.37. The van der Waals surface area contributed by atoms with Crippen molar-refractivity contribution in [2.45, 2.75) is 12.7 Å². The summed E-state index contributed by atoms with van der Waals surface area (Å²) in [5.74, 6) is -0.649. The highest BCUT2D eigenvalue weighted by Crippen LogP contribution is 2.37. The van der Waals surface area contributed by atoms with Crippen LogP contribution in [0.3, 0.4) is 0 Å². The van der Waals surface area contributed by atoms with Gasteiger partial charge in [0.1, 0.15) is 10.6 Å². The molecule has 1 N–H and O–H groups in total. The number of thiophene rings is 1. The van der Waals surface area contributed by atoms with Crippen LogP contribution in [0.4, 0.5) is 23.4 Å². The molecule has 0 unspecified atom stereocenters. The number of hydrogen-bond donors (Lipinski definition) is 1. The second-order valence-corrected chi connectivity index (χ2v) is 7.31. The minimum atomic E-state index is -4.60. The fourth-order valence-corrected chi connectivity index (χ4v) is 3.80. The summed E-state index contributed by atoms with van der Waals surface area (Å²) in [6.07, 6.45) is -2.97. The number of nitrogens with zero attached hydrogens (tertiary/aromatic N) is 4. The molecule has 3 aromatic heterocycles. The molecule has 11 heteroatoms. The van der Waals surface area contributed by atoms with Crippen molar-refractivity contribution in [1.29, 1.82) is 0 Å². The van der Waals surface area contributed by atoms with E-state index >= 15 is 0 Å². The summed E-state index contributed by atoms with van der Waals surface area (Å²) in [5.41, 5.74) is -0.196. The zero-order valence-corrected chi connectivity index (χ0v) is 15.7. The summed E-state index contributed by atoms with van der Waals surface area (Å²) in [7, 11) is 1.40. The average Bonchev–Trinajstić information content (AvgIpc) is 3.33. The van der Waals surface area contributed by atoms with Gasteiger partial charge in [-0.1, -0.05) is 12.1 Å². The van der Waals surface area contributed by atoms with Crippen LogP contribution in [0.15, 0.2) is 42.6 Å². The lowest BCUT2D eigenvalue weighted by molar-refractivity contribution is -0.140. The van der Waals surface area contributed by atoms with Crippen LogP contribution >= 0.6 is 11.3 Å². The number of fused-ring (bicyclic) bond motifs is 1. The highest BCUT2D eigenvalue weighted by atomic mass is 32.1. The number of alkyl halides is 3. The van der Waals surface area contributed by atoms with Gasteiger partial charge in [0.05, 0.1) is 11.4 Å². The Hall–Kier alpha value is -3.21. The van der Waals surface area contributed by atoms with E-state index in [9.17, 15) is 22.4 Å². The maximum Gasteiger partial charge on any atom is 0.435 e. The third kappa shape index (κ3) is 3.86. The number of aryl methyl sites for hydroxylation is 1. The van der Waals surface area contributed by atoms with Crippen molar-refractivity contribution in [3.63, 3.8) is 0 Å². The van der Waals surface area contributed by atoms with Crippen molar-refractivity contribution in [1.82, 2.24) is 19.6 Å². The van der Waals surface area contributed by atoms with Gasteiger partial charge in [-0.05, 0) is 23.8 Å². The molecule has 4 rings (SSSR count). The molecule has 29 heavy (non-hydrogen) atoms. The van der Waals surface area contributed by atoms with E-state index in [0.29, 0.717) is 6.54 Å². The standard InChI is InChI=1S/C18H13F4N5OS/c1-26-17-12(15(25-26)18(20,21)22)8-13(29-17)16(28)23-14-6-7-27(24-14)9-10-2-4-11(19)5-3-10/h2-8H,9H2,1H3,(H,23,24,28). The Balaban J connectivity index is 1.51. The lowest BCUT2D eigenvalue weighted by Gasteiger charge is -2.03. The molecule has 0 fully saturated rings. The van der Waals surface area contributed by atoms with Gasteiger partial charge in [0.2, 0.25) is 0 Å². The van der Waals surface area contributed by atoms with Gasteiger partial charge in [-0.3, -0.25) is 14.2 Å². The first kappa shape index (κ1) is 19.1. The van der Waals surface area contributed by atoms with Gasteiger partial charge in [0.25, 0.3) is 5.91 Å². The third-order valence-electron chi connectivity index (χ3n) is 4.14. The molecule has 1 aromatic carbocycles. The molecule has 0 aliphatic heterocycles. The number of rotatable bonds is 4. The van der Waals surface area contributed by atoms with E-state index in [1.54, 1.807) is 29.1 Å². The summed E-state index contributed by atoms with van der Waals surface area (Å²) in [5, 5.41) is 10.1. The summed E-state index contributed by atoms with van der Waals surface area (Å²) in [4.78, 5) is 12.8. The molecule has 0 saturated heterocycles. The van der Waals surface area contributed by atoms with E-state index in [4.69, 9.17) is 0 Å². The molecule has 3 heterocycles. The second-order valence-electron chi connectivity index (χ2n) is 6.28. The first-order valence-electron chi connectivity index (χ1n) is 8.34. The molecular formula is C18H13F4N5OS. The van der Waals surface area contributed by atoms with Gasteiger partial charge in [-0.2, -0.15) is 23.4 Å². The fourth-order valence-electron chi connectivity index (χ4n) is 2.83. The Bertz CT molecular complexity index is 1190. The Morgan fingerprint density at radius 1 is 1.17 bits per heavy atom. The smallest absolute Gasteiger partial charge is 0.304 e. The maximum absolute atomic E-state index is 13.1. The van der Waals surface area contributed by atoms with Crippen molar-refractivity contribution < 1.29 is 22.4 Å². The number of amides is 1. The van der Waals surface area contributed by atoms with Crippen molar-refractivity contribution in [3.05, 3.63) is 64.5 Å². The normalized spacial score (nSPS) is 11.9. The summed E-state index contributed by atoms with van der Waals surface area (Å²) in [6.45, 7) is 0.375. The van der Waals surface area contributed by atoms with Crippen LogP contribution < -0.4 is 5.32 Å². The number of carbonyl (C=O) groups excluding carboxylic acids is 1. The first-order chi connectivity index (χ1) is 13.7. The molecule has 4 aromatic rings. The number of nitrogens with one attached hydrogen (secondary N) is 1. The third-order valence-corrected chi connectivity index (χ3v) is 5.34. The zero-order chi connectivity index (χ0) is 20.8. The SMILES string of the molecule is Cn1nc(C(F)(F)F)c2cc(C(=O)Nc3ccn(Cc4ccc(F)cc4)n3)sc21. The van der Waals surface area contributed by atoms with E-state index in [1.807, 2.05) is 0 Å². The van der Waals surface area contributed by atoms with Crippen LogP contribution in [0.25, 0.3) is 10.2 Å². The highest BCUT2D eigenvalue weighted by molar-refractivity contribution is 7.20. The average molecular weight is 423 g/mol. The Morgan fingerprint density at radius 3 is 2.59 bits per heavy atom. The number of anilines is 1. The summed E-state index contributed by atoms with van der Waals surface area (Å²) in [6, 6.07) is 8.68. The maximum atomic E-state index is 13.1. The molecule has 0 spiro atoms. The number of carbonyl (C=O) groups is 1. The van der Waals surface area contributed by atoms with Crippen LogP contribution in [-0.2, 0) is 19.8 Å². The van der Waals surface area contributed by atoms with Crippen LogP contribution in [0, 0.1) is 5.82 Å². The number of halogens is 4. The Kier molecular flexibility index (Phi) is 4.61. The Morgan fingerprint density at radius 2 is 1.90 bits per heavy atom. The van der Waals surface area contributed by atoms with Crippen molar-refractivity contribution in [2.24, 2.45) is 7.05 Å². The Labute approximate surface area is 165 Å². The number of benzene rings is 1. The topological polar surface area (TPSA) is 64.7 Å². The van der Waals surface area contributed by atoms with E-state index < -0.39 is 17.8 Å². The molecule has 0 radical (unpaired) electrons. The minimum absolute atomic E-state index is 0.114. The quantitative estimate of drug-likeness (QED) is 0.498. The van der Waals surface area contributed by atoms with Crippen LogP contribution in [0.5, 0.6) is 0 Å². The van der Waals surface area contributed by atoms with Crippen molar-refractivity contribution >= 4 is 33.3 Å². The minimum Gasteiger partial charge on any atom is -0.304 e. The molecule has 6 nitrogen and oxygen atoms in total. The second kappa shape index (κ2) is 6.99. The lowest BCUT2D eigenvalue weighted by Crippen LogP contribution is -2.12. The van der Waals surface area contributed by atoms with Crippen molar-refractivity contribution in [2.75, 3.05) is 5.32 Å². The van der Waals surface area contributed by atoms with Crippen LogP contribution in [0.2, 0.25) is 0 Å². The van der Waals surface area contributed by atoms with Gasteiger partial charge in [-0.15, -0.1) is 11.3 Å². The van der Waals surface area contributed by atoms with Crippen LogP contribution in [0.1, 0.15) is 20.9 Å². The van der Waals surface area contributed by atoms with E-state index in [1.165, 1.54) is 25.2 Å². The van der Waals surface area contributed by atoms with Gasteiger partial charge in [0, 0.05) is 24.7 Å². The van der Waals surface area contributed by atoms with Gasteiger partial charge >= 0.3 is 6.18 Å². The molecule has 0 atom stereocenters. The molecular weight excluding hydrogens is 410 g/mol. The number of aromatic nitrogens is 4.